The number of hydrogen-bond acceptors (Lipinski definition) is 9. The summed E-state index contributed by atoms with van der Waals surface area (Å²) in [6.45, 7) is 4.45. The van der Waals surface area contributed by atoms with Crippen LogP contribution < -0.4 is 25.4 Å². The van der Waals surface area contributed by atoms with Gasteiger partial charge >= 0.3 is 0 Å². The summed E-state index contributed by atoms with van der Waals surface area (Å²) < 4.78 is 16.3. The van der Waals surface area contributed by atoms with E-state index in [0.717, 1.165) is 10.8 Å². The molecule has 1 saturated heterocycles. The van der Waals surface area contributed by atoms with E-state index in [2.05, 4.69) is 27.5 Å². The number of nitrogens with zero attached hydrogens (tertiary/aromatic N) is 2. The molecule has 0 radical (unpaired) electrons. The standard InChI is InChI=1S/C25H27Cl2N5O5/c1-4-21(34)31-17-12-37-11-16(17)30-20-8-14-13(10-29-20)7-15(32-25(14)28-5-6-33)22-23(26)18(35-2)9-19(36-3)24(22)27/h4,7-10,16-17,33H,1,5-6,11-12H2,2-3H3,(H,28,32)(H,29,30)(H,31,34)/t16-,17+/m1/s1. The molecule has 2 atom stereocenters. The van der Waals surface area contributed by atoms with Crippen molar-refractivity contribution in [3.63, 3.8) is 0 Å². The molecule has 0 bridgehead atoms. The largest absolute Gasteiger partial charge is 0.495 e. The van der Waals surface area contributed by atoms with Crippen molar-refractivity contribution in [3.05, 3.63) is 47.1 Å². The Morgan fingerprint density at radius 2 is 1.89 bits per heavy atom. The zero-order chi connectivity index (χ0) is 26.5. The Hall–Kier alpha value is -3.31. The first-order chi connectivity index (χ1) is 17.9. The molecule has 4 N–H and O–H groups in total. The molecule has 10 nitrogen and oxygen atoms in total. The zero-order valence-electron chi connectivity index (χ0n) is 20.3. The van der Waals surface area contributed by atoms with Crippen LogP contribution in [0.2, 0.25) is 10.0 Å². The predicted molar refractivity (Wildman–Crippen MR) is 144 cm³/mol. The van der Waals surface area contributed by atoms with Gasteiger partial charge in [0.25, 0.3) is 0 Å². The minimum atomic E-state index is -0.271. The van der Waals surface area contributed by atoms with Crippen molar-refractivity contribution in [3.8, 4) is 22.8 Å². The van der Waals surface area contributed by atoms with Crippen LogP contribution in [0.5, 0.6) is 11.5 Å². The molecule has 12 heteroatoms. The monoisotopic (exact) mass is 547 g/mol. The minimum absolute atomic E-state index is 0.0951. The third-order valence-corrected chi connectivity index (χ3v) is 6.63. The number of ether oxygens (including phenoxy) is 3. The fourth-order valence-electron chi connectivity index (χ4n) is 4.04. The van der Waals surface area contributed by atoms with E-state index in [1.807, 2.05) is 12.1 Å². The summed E-state index contributed by atoms with van der Waals surface area (Å²) in [5.74, 6) is 1.58. The fraction of sp³-hybridized carbons (Fsp3) is 0.320. The van der Waals surface area contributed by atoms with Gasteiger partial charge in [-0.2, -0.15) is 0 Å². The second-order valence-electron chi connectivity index (χ2n) is 8.19. The number of pyridine rings is 2. The highest BCUT2D eigenvalue weighted by atomic mass is 35.5. The van der Waals surface area contributed by atoms with E-state index in [9.17, 15) is 9.90 Å². The fourth-order valence-corrected chi connectivity index (χ4v) is 4.74. The van der Waals surface area contributed by atoms with Crippen LogP contribution in [0.15, 0.2) is 37.1 Å². The van der Waals surface area contributed by atoms with E-state index < -0.39 is 0 Å². The summed E-state index contributed by atoms with van der Waals surface area (Å²) in [6.07, 6.45) is 2.92. The Balaban J connectivity index is 1.76. The van der Waals surface area contributed by atoms with Crippen molar-refractivity contribution in [2.45, 2.75) is 12.1 Å². The van der Waals surface area contributed by atoms with Crippen LogP contribution >= 0.6 is 23.2 Å². The van der Waals surface area contributed by atoms with Crippen molar-refractivity contribution >= 4 is 51.5 Å². The Morgan fingerprint density at radius 1 is 1.19 bits per heavy atom. The maximum atomic E-state index is 11.8. The SMILES string of the molecule is C=CC(=O)N[C@H]1COC[C@H]1Nc1cc2c(NCCO)nc(-c3c(Cl)c(OC)cc(OC)c3Cl)cc2cn1. The van der Waals surface area contributed by atoms with E-state index in [0.29, 0.717) is 47.6 Å². The number of halogens is 2. The summed E-state index contributed by atoms with van der Waals surface area (Å²) in [4.78, 5) is 21.1. The van der Waals surface area contributed by atoms with E-state index in [1.165, 1.54) is 20.3 Å². The first-order valence-corrected chi connectivity index (χ1v) is 12.2. The highest BCUT2D eigenvalue weighted by Crippen LogP contribution is 2.46. The lowest BCUT2D eigenvalue weighted by Gasteiger charge is -2.21. The molecular formula is C25H27Cl2N5O5. The van der Waals surface area contributed by atoms with Gasteiger partial charge in [-0.15, -0.1) is 0 Å². The van der Waals surface area contributed by atoms with E-state index in [1.54, 1.807) is 12.3 Å². The van der Waals surface area contributed by atoms with Crippen LogP contribution in [-0.4, -0.2) is 73.7 Å². The summed E-state index contributed by atoms with van der Waals surface area (Å²) in [7, 11) is 3.00. The van der Waals surface area contributed by atoms with Crippen molar-refractivity contribution in [1.29, 1.82) is 0 Å². The Morgan fingerprint density at radius 3 is 2.54 bits per heavy atom. The molecule has 0 unspecified atom stereocenters. The van der Waals surface area contributed by atoms with Gasteiger partial charge in [0.1, 0.15) is 23.1 Å². The van der Waals surface area contributed by atoms with Crippen LogP contribution in [0.3, 0.4) is 0 Å². The molecule has 4 rings (SSSR count). The highest BCUT2D eigenvalue weighted by molar-refractivity contribution is 6.41. The molecule has 1 fully saturated rings. The van der Waals surface area contributed by atoms with Gasteiger partial charge in [-0.1, -0.05) is 29.8 Å². The molecule has 3 heterocycles. The lowest BCUT2D eigenvalue weighted by atomic mass is 10.1. The number of methoxy groups -OCH3 is 2. The number of rotatable bonds is 10. The van der Waals surface area contributed by atoms with Gasteiger partial charge < -0.3 is 35.3 Å². The normalized spacial score (nSPS) is 16.9. The van der Waals surface area contributed by atoms with Gasteiger partial charge in [-0.05, 0) is 18.2 Å². The van der Waals surface area contributed by atoms with Crippen molar-refractivity contribution in [2.24, 2.45) is 0 Å². The molecule has 3 aromatic rings. The van der Waals surface area contributed by atoms with Gasteiger partial charge in [-0.3, -0.25) is 4.79 Å². The lowest BCUT2D eigenvalue weighted by molar-refractivity contribution is -0.117. The molecule has 1 aliphatic rings. The number of carbonyl (C=O) groups excluding carboxylic acids is 1. The number of aromatic nitrogens is 2. The summed E-state index contributed by atoms with van der Waals surface area (Å²) >= 11 is 13.3. The Bertz CT molecular complexity index is 1290. The number of hydrogen-bond donors (Lipinski definition) is 4. The van der Waals surface area contributed by atoms with E-state index >= 15 is 0 Å². The van der Waals surface area contributed by atoms with Crippen LogP contribution in [0, 0.1) is 0 Å². The van der Waals surface area contributed by atoms with Gasteiger partial charge in [-0.25, -0.2) is 9.97 Å². The molecule has 1 amide bonds. The number of amides is 1. The molecule has 37 heavy (non-hydrogen) atoms. The number of nitrogens with one attached hydrogen (secondary N) is 3. The molecule has 0 spiro atoms. The van der Waals surface area contributed by atoms with Crippen molar-refractivity contribution in [1.82, 2.24) is 15.3 Å². The van der Waals surface area contributed by atoms with Crippen molar-refractivity contribution in [2.75, 3.05) is 51.2 Å². The summed E-state index contributed by atoms with van der Waals surface area (Å²) in [5, 5.41) is 20.8. The van der Waals surface area contributed by atoms with Crippen LogP contribution in [0.1, 0.15) is 0 Å². The zero-order valence-corrected chi connectivity index (χ0v) is 21.8. The van der Waals surface area contributed by atoms with E-state index in [4.69, 9.17) is 42.4 Å². The van der Waals surface area contributed by atoms with Gasteiger partial charge in [0.2, 0.25) is 5.91 Å². The molecule has 1 aromatic carbocycles. The molecule has 2 aromatic heterocycles. The highest BCUT2D eigenvalue weighted by Gasteiger charge is 2.29. The molecule has 0 saturated carbocycles. The maximum absolute atomic E-state index is 11.8. The lowest BCUT2D eigenvalue weighted by Crippen LogP contribution is -2.45. The molecule has 196 valence electrons. The average molecular weight is 548 g/mol. The third kappa shape index (κ3) is 5.67. The van der Waals surface area contributed by atoms with E-state index in [-0.39, 0.29) is 41.2 Å². The number of aliphatic hydroxyl groups is 1. The maximum Gasteiger partial charge on any atom is 0.243 e. The Kier molecular flexibility index (Phi) is 8.55. The number of anilines is 2. The third-order valence-electron chi connectivity index (χ3n) is 5.88. The van der Waals surface area contributed by atoms with Crippen LogP contribution in [0.25, 0.3) is 22.0 Å². The average Bonchev–Trinajstić information content (AvgIpc) is 3.33. The topological polar surface area (TPSA) is 127 Å². The second kappa shape index (κ2) is 11.8. The first kappa shape index (κ1) is 26.7. The van der Waals surface area contributed by atoms with Gasteiger partial charge in [0, 0.05) is 35.1 Å². The van der Waals surface area contributed by atoms with Gasteiger partial charge in [0.05, 0.1) is 61.9 Å². The summed E-state index contributed by atoms with van der Waals surface area (Å²) in [5.41, 5.74) is 0.915. The van der Waals surface area contributed by atoms with Gasteiger partial charge in [0.15, 0.2) is 0 Å². The number of aliphatic hydroxyl groups excluding tert-OH is 1. The van der Waals surface area contributed by atoms with Crippen molar-refractivity contribution < 1.29 is 24.1 Å². The molecule has 0 aliphatic carbocycles. The van der Waals surface area contributed by atoms with Crippen LogP contribution in [0.4, 0.5) is 11.6 Å². The first-order valence-electron chi connectivity index (χ1n) is 11.4. The minimum Gasteiger partial charge on any atom is -0.495 e. The molecular weight excluding hydrogens is 521 g/mol. The predicted octanol–water partition coefficient (Wildman–Crippen LogP) is 3.51. The number of benzene rings is 1. The molecule has 1 aliphatic heterocycles. The quantitative estimate of drug-likeness (QED) is 0.282. The Labute approximate surface area is 223 Å². The summed E-state index contributed by atoms with van der Waals surface area (Å²) in [6, 6.07) is 4.84. The second-order valence-corrected chi connectivity index (χ2v) is 8.94. The number of fused-ring (bicyclic) bond motifs is 1. The number of carbonyl (C=O) groups is 1. The van der Waals surface area contributed by atoms with Crippen LogP contribution in [-0.2, 0) is 9.53 Å². The smallest absolute Gasteiger partial charge is 0.243 e.